The van der Waals surface area contributed by atoms with Gasteiger partial charge in [-0.25, -0.2) is 18.0 Å². The molecule has 2 amide bonds. The van der Waals surface area contributed by atoms with Crippen molar-refractivity contribution in [3.63, 3.8) is 0 Å². The Morgan fingerprint density at radius 1 is 1.25 bits per heavy atom. The van der Waals surface area contributed by atoms with Crippen molar-refractivity contribution in [3.05, 3.63) is 28.0 Å². The van der Waals surface area contributed by atoms with Crippen molar-refractivity contribution < 1.29 is 18.0 Å². The molecule has 0 bridgehead atoms. The summed E-state index contributed by atoms with van der Waals surface area (Å²) in [6.07, 6.45) is 2.48. The molecule has 2 aliphatic carbocycles. The number of halogens is 4. The fourth-order valence-electron chi connectivity index (χ4n) is 2.99. The molecule has 3 aliphatic rings. The maximum atomic E-state index is 15.2. The number of anilines is 1. The molecule has 0 unspecified atom stereocenters. The molecule has 1 atom stereocenters. The first kappa shape index (κ1) is 15.8. The average molecular weight is 399 g/mol. The van der Waals surface area contributed by atoms with E-state index in [1.54, 1.807) is 0 Å². The predicted molar refractivity (Wildman–Crippen MR) is 86.1 cm³/mol. The van der Waals surface area contributed by atoms with Gasteiger partial charge in [0, 0.05) is 17.4 Å². The maximum Gasteiger partial charge on any atom is 0.320 e. The molecular weight excluding hydrogens is 385 g/mol. The molecule has 2 N–H and O–H groups in total. The van der Waals surface area contributed by atoms with Crippen LogP contribution in [0.25, 0.3) is 0 Å². The van der Waals surface area contributed by atoms with Crippen LogP contribution in [-0.4, -0.2) is 12.0 Å². The lowest BCUT2D eigenvalue weighted by Crippen LogP contribution is -2.61. The smallest absolute Gasteiger partial charge is 0.312 e. The number of hydrogen-bond acceptors (Lipinski definition) is 1. The fraction of sp³-hybridized carbons (Fsp3) is 0.471. The summed E-state index contributed by atoms with van der Waals surface area (Å²) >= 11 is 3.03. The van der Waals surface area contributed by atoms with Gasteiger partial charge in [0.15, 0.2) is 5.54 Å². The van der Waals surface area contributed by atoms with Crippen molar-refractivity contribution in [2.24, 2.45) is 11.8 Å². The van der Waals surface area contributed by atoms with E-state index in [0.717, 1.165) is 18.9 Å². The SMILES string of the molecule is O=C1Nc2cc(Br)c(F)cc2[C@](C#CC2CC2)(C(F)(F)C2CC2)N1. The van der Waals surface area contributed by atoms with Gasteiger partial charge in [-0.15, -0.1) is 0 Å². The van der Waals surface area contributed by atoms with E-state index in [9.17, 15) is 9.18 Å². The van der Waals surface area contributed by atoms with Crippen molar-refractivity contribution in [2.75, 3.05) is 5.32 Å². The van der Waals surface area contributed by atoms with Crippen molar-refractivity contribution >= 4 is 27.6 Å². The number of fused-ring (bicyclic) bond motifs is 1. The lowest BCUT2D eigenvalue weighted by Gasteiger charge is -2.41. The third kappa shape index (κ3) is 2.39. The fourth-order valence-corrected chi connectivity index (χ4v) is 3.33. The predicted octanol–water partition coefficient (Wildman–Crippen LogP) is 4.38. The minimum Gasteiger partial charge on any atom is -0.312 e. The Labute approximate surface area is 145 Å². The second kappa shape index (κ2) is 5.16. The lowest BCUT2D eigenvalue weighted by atomic mass is 9.79. The number of urea groups is 1. The number of nitrogens with one attached hydrogen (secondary N) is 2. The standard InChI is InChI=1S/C17H14BrF3N2O/c18-12-8-14-11(7-13(12)19)16(23-15(24)22-14,6-5-9-1-2-9)17(20,21)10-3-4-10/h7-10H,1-4H2,(H2,22,23,24)/t16-/m1/s1. The van der Waals surface area contributed by atoms with Gasteiger partial charge in [-0.3, -0.25) is 0 Å². The number of carbonyl (C=O) groups excluding carboxylic acids is 1. The van der Waals surface area contributed by atoms with Crippen molar-refractivity contribution in [1.29, 1.82) is 0 Å². The van der Waals surface area contributed by atoms with Crippen LogP contribution in [0.15, 0.2) is 16.6 Å². The third-order valence-corrected chi connectivity index (χ3v) is 5.25. The van der Waals surface area contributed by atoms with Crippen LogP contribution in [0.2, 0.25) is 0 Å². The van der Waals surface area contributed by atoms with E-state index in [-0.39, 0.29) is 21.6 Å². The van der Waals surface area contributed by atoms with E-state index in [1.807, 2.05) is 0 Å². The zero-order valence-electron chi connectivity index (χ0n) is 12.6. The van der Waals surface area contributed by atoms with E-state index in [2.05, 4.69) is 38.4 Å². The molecule has 4 rings (SSSR count). The largest absolute Gasteiger partial charge is 0.320 e. The van der Waals surface area contributed by atoms with E-state index < -0.39 is 29.2 Å². The Balaban J connectivity index is 1.94. The van der Waals surface area contributed by atoms with Gasteiger partial charge in [0.2, 0.25) is 0 Å². The number of rotatable bonds is 2. The summed E-state index contributed by atoms with van der Waals surface area (Å²) in [5.74, 6) is 0.755. The van der Waals surface area contributed by atoms with E-state index in [1.165, 1.54) is 6.07 Å². The van der Waals surface area contributed by atoms with Gasteiger partial charge in [0.25, 0.3) is 5.92 Å². The summed E-state index contributed by atoms with van der Waals surface area (Å²) < 4.78 is 44.6. The molecule has 2 saturated carbocycles. The number of alkyl halides is 2. The Hall–Kier alpha value is -1.68. The monoisotopic (exact) mass is 398 g/mol. The lowest BCUT2D eigenvalue weighted by molar-refractivity contribution is -0.0847. The van der Waals surface area contributed by atoms with Crippen LogP contribution in [0.5, 0.6) is 0 Å². The van der Waals surface area contributed by atoms with Crippen LogP contribution in [0.1, 0.15) is 31.2 Å². The highest BCUT2D eigenvalue weighted by Gasteiger charge is 2.64. The minimum atomic E-state index is -3.28. The molecule has 3 nitrogen and oxygen atoms in total. The van der Waals surface area contributed by atoms with Crippen LogP contribution in [0.4, 0.5) is 23.7 Å². The third-order valence-electron chi connectivity index (χ3n) is 4.64. The second-order valence-corrected chi connectivity index (χ2v) is 7.44. The second-order valence-electron chi connectivity index (χ2n) is 6.58. The van der Waals surface area contributed by atoms with Crippen LogP contribution in [0, 0.1) is 29.5 Å². The first-order valence-electron chi connectivity index (χ1n) is 7.83. The summed E-state index contributed by atoms with van der Waals surface area (Å²) in [6.45, 7) is 0. The molecule has 0 saturated heterocycles. The van der Waals surface area contributed by atoms with Gasteiger partial charge in [-0.2, -0.15) is 0 Å². The number of amides is 2. The van der Waals surface area contributed by atoms with Gasteiger partial charge in [0.05, 0.1) is 10.2 Å². The Morgan fingerprint density at radius 2 is 1.96 bits per heavy atom. The molecule has 2 fully saturated rings. The van der Waals surface area contributed by atoms with E-state index >= 15 is 8.78 Å². The van der Waals surface area contributed by atoms with Gasteiger partial charge in [-0.05, 0) is 53.7 Å². The van der Waals surface area contributed by atoms with Gasteiger partial charge in [-0.1, -0.05) is 11.8 Å². The van der Waals surface area contributed by atoms with E-state index in [4.69, 9.17) is 0 Å². The van der Waals surface area contributed by atoms with Gasteiger partial charge in [0.1, 0.15) is 5.82 Å². The van der Waals surface area contributed by atoms with Crippen molar-refractivity contribution in [3.8, 4) is 11.8 Å². The summed E-state index contributed by atoms with van der Waals surface area (Å²) in [4.78, 5) is 12.1. The Kier molecular flexibility index (Phi) is 3.40. The molecule has 0 radical (unpaired) electrons. The van der Waals surface area contributed by atoms with Crippen molar-refractivity contribution in [2.45, 2.75) is 37.1 Å². The summed E-state index contributed by atoms with van der Waals surface area (Å²) in [5, 5.41) is 4.79. The highest BCUT2D eigenvalue weighted by atomic mass is 79.9. The van der Waals surface area contributed by atoms with Crippen LogP contribution < -0.4 is 10.6 Å². The zero-order valence-corrected chi connectivity index (χ0v) is 14.1. The van der Waals surface area contributed by atoms with Gasteiger partial charge < -0.3 is 10.6 Å². The van der Waals surface area contributed by atoms with Crippen molar-refractivity contribution in [1.82, 2.24) is 5.32 Å². The Morgan fingerprint density at radius 3 is 2.58 bits per heavy atom. The topological polar surface area (TPSA) is 41.1 Å². The highest BCUT2D eigenvalue weighted by molar-refractivity contribution is 9.10. The normalized spacial score (nSPS) is 25.9. The highest BCUT2D eigenvalue weighted by Crippen LogP contribution is 2.55. The molecule has 1 heterocycles. The molecule has 1 aromatic rings. The molecule has 1 aliphatic heterocycles. The molecule has 0 aromatic heterocycles. The number of benzene rings is 1. The molecule has 24 heavy (non-hydrogen) atoms. The average Bonchev–Trinajstić information content (AvgIpc) is 3.37. The van der Waals surface area contributed by atoms with Gasteiger partial charge >= 0.3 is 6.03 Å². The summed E-state index contributed by atoms with van der Waals surface area (Å²) in [6, 6.07) is 1.58. The number of hydrogen-bond donors (Lipinski definition) is 2. The molecule has 126 valence electrons. The van der Waals surface area contributed by atoms with E-state index in [0.29, 0.717) is 12.8 Å². The molecule has 7 heteroatoms. The number of carbonyl (C=O) groups is 1. The summed E-state index contributed by atoms with van der Waals surface area (Å²) in [7, 11) is 0. The zero-order chi connectivity index (χ0) is 17.1. The minimum absolute atomic E-state index is 0.0205. The Bertz CT molecular complexity index is 793. The van der Waals surface area contributed by atoms with Crippen LogP contribution in [0.3, 0.4) is 0 Å². The van der Waals surface area contributed by atoms with Crippen LogP contribution in [-0.2, 0) is 5.54 Å². The quantitative estimate of drug-likeness (QED) is 0.713. The molecule has 1 aromatic carbocycles. The summed E-state index contributed by atoms with van der Waals surface area (Å²) in [5.41, 5.74) is -2.07. The molecule has 0 spiro atoms. The first-order chi connectivity index (χ1) is 11.3. The molecular formula is C17H14BrF3N2O. The first-order valence-corrected chi connectivity index (χ1v) is 8.62. The maximum absolute atomic E-state index is 15.2. The van der Waals surface area contributed by atoms with Crippen LogP contribution >= 0.6 is 15.9 Å².